The van der Waals surface area contributed by atoms with E-state index in [0.29, 0.717) is 6.42 Å². The molecular weight excluding hydrogens is 248 g/mol. The van der Waals surface area contributed by atoms with Gasteiger partial charge in [-0.15, -0.1) is 0 Å². The fourth-order valence-electron chi connectivity index (χ4n) is 2.01. The van der Waals surface area contributed by atoms with E-state index in [9.17, 15) is 9.59 Å². The average molecular weight is 274 g/mol. The van der Waals surface area contributed by atoms with Crippen molar-refractivity contribution in [1.29, 1.82) is 0 Å². The van der Waals surface area contributed by atoms with Crippen molar-refractivity contribution in [3.05, 3.63) is 0 Å². The Labute approximate surface area is 114 Å². The van der Waals surface area contributed by atoms with Crippen LogP contribution in [0.5, 0.6) is 0 Å². The molecular formula is C13H26N2O4. The molecule has 0 aliphatic heterocycles. The van der Waals surface area contributed by atoms with Crippen LogP contribution in [-0.2, 0) is 4.79 Å². The molecule has 0 aliphatic rings. The van der Waals surface area contributed by atoms with Crippen molar-refractivity contribution in [3.8, 4) is 0 Å². The number of carbonyl (C=O) groups is 2. The van der Waals surface area contributed by atoms with Gasteiger partial charge in [0.1, 0.15) is 0 Å². The number of amides is 2. The summed E-state index contributed by atoms with van der Waals surface area (Å²) in [5.41, 5.74) is 0. The first-order valence-corrected chi connectivity index (χ1v) is 6.89. The van der Waals surface area contributed by atoms with E-state index in [2.05, 4.69) is 5.32 Å². The normalized spacial score (nSPS) is 12.3. The highest BCUT2D eigenvalue weighted by Gasteiger charge is 2.22. The lowest BCUT2D eigenvalue weighted by molar-refractivity contribution is -0.141. The summed E-state index contributed by atoms with van der Waals surface area (Å²) in [6.07, 6.45) is 2.08. The minimum Gasteiger partial charge on any atom is -0.481 e. The first kappa shape index (κ1) is 17.7. The third-order valence-corrected chi connectivity index (χ3v) is 3.33. The van der Waals surface area contributed by atoms with E-state index in [1.807, 2.05) is 13.8 Å². The summed E-state index contributed by atoms with van der Waals surface area (Å²) < 4.78 is 0. The number of aliphatic carboxylic acids is 1. The van der Waals surface area contributed by atoms with Crippen LogP contribution in [0.2, 0.25) is 0 Å². The molecule has 2 amide bonds. The predicted octanol–water partition coefficient (Wildman–Crippen LogP) is 1.29. The highest BCUT2D eigenvalue weighted by atomic mass is 16.4. The zero-order valence-corrected chi connectivity index (χ0v) is 12.1. The summed E-state index contributed by atoms with van der Waals surface area (Å²) >= 11 is 0. The van der Waals surface area contributed by atoms with Gasteiger partial charge in [0, 0.05) is 19.1 Å². The zero-order valence-electron chi connectivity index (χ0n) is 12.1. The van der Waals surface area contributed by atoms with Crippen molar-refractivity contribution in [2.45, 2.75) is 46.1 Å². The molecule has 3 N–H and O–H groups in total. The van der Waals surface area contributed by atoms with Crippen molar-refractivity contribution >= 4 is 12.0 Å². The van der Waals surface area contributed by atoms with Crippen molar-refractivity contribution < 1.29 is 19.8 Å². The van der Waals surface area contributed by atoms with Gasteiger partial charge in [-0.05, 0) is 19.3 Å². The minimum absolute atomic E-state index is 0.0667. The molecule has 0 aromatic rings. The zero-order chi connectivity index (χ0) is 14.8. The van der Waals surface area contributed by atoms with Crippen LogP contribution in [0.3, 0.4) is 0 Å². The number of carboxylic acids is 1. The number of urea groups is 1. The van der Waals surface area contributed by atoms with Crippen LogP contribution in [0.15, 0.2) is 0 Å². The van der Waals surface area contributed by atoms with Gasteiger partial charge in [-0.25, -0.2) is 4.79 Å². The lowest BCUT2D eigenvalue weighted by Crippen LogP contribution is -2.48. The topological polar surface area (TPSA) is 89.9 Å². The largest absolute Gasteiger partial charge is 0.481 e. The molecule has 0 fully saturated rings. The molecule has 0 spiro atoms. The smallest absolute Gasteiger partial charge is 0.317 e. The van der Waals surface area contributed by atoms with Gasteiger partial charge in [0.15, 0.2) is 0 Å². The molecule has 0 aromatic heterocycles. The molecule has 6 nitrogen and oxygen atoms in total. The maximum absolute atomic E-state index is 12.0. The molecule has 0 saturated heterocycles. The molecule has 1 atom stereocenters. The van der Waals surface area contributed by atoms with Gasteiger partial charge < -0.3 is 20.4 Å². The number of carbonyl (C=O) groups excluding carboxylic acids is 1. The van der Waals surface area contributed by atoms with Gasteiger partial charge in [0.25, 0.3) is 0 Å². The molecule has 0 heterocycles. The fraction of sp³-hybridized carbons (Fsp3) is 0.846. The first-order chi connectivity index (χ1) is 9.01. The molecule has 0 bridgehead atoms. The van der Waals surface area contributed by atoms with Gasteiger partial charge in [-0.2, -0.15) is 0 Å². The van der Waals surface area contributed by atoms with Crippen molar-refractivity contribution in [2.24, 2.45) is 5.92 Å². The number of rotatable bonds is 9. The predicted molar refractivity (Wildman–Crippen MR) is 73.0 cm³/mol. The number of hydrogen-bond acceptors (Lipinski definition) is 3. The monoisotopic (exact) mass is 274 g/mol. The molecule has 1 unspecified atom stereocenters. The third-order valence-electron chi connectivity index (χ3n) is 3.33. The van der Waals surface area contributed by atoms with Gasteiger partial charge in [-0.1, -0.05) is 20.8 Å². The molecule has 19 heavy (non-hydrogen) atoms. The van der Waals surface area contributed by atoms with Crippen LogP contribution in [-0.4, -0.2) is 52.9 Å². The van der Waals surface area contributed by atoms with E-state index in [1.165, 1.54) is 0 Å². The Bertz CT molecular complexity index is 280. The van der Waals surface area contributed by atoms with E-state index in [1.54, 1.807) is 11.8 Å². The second-order valence-corrected chi connectivity index (χ2v) is 4.52. The number of nitrogens with zero attached hydrogens (tertiary/aromatic N) is 1. The number of aliphatic hydroxyl groups is 1. The third kappa shape index (κ3) is 5.92. The molecule has 0 aliphatic carbocycles. The van der Waals surface area contributed by atoms with Crippen LogP contribution in [0.25, 0.3) is 0 Å². The Kier molecular flexibility index (Phi) is 8.95. The summed E-state index contributed by atoms with van der Waals surface area (Å²) in [5, 5.41) is 20.6. The van der Waals surface area contributed by atoms with Crippen LogP contribution in [0.1, 0.15) is 40.0 Å². The Balaban J connectivity index is 4.51. The summed E-state index contributed by atoms with van der Waals surface area (Å²) in [6.45, 7) is 6.03. The lowest BCUT2D eigenvalue weighted by atomic mass is 10.1. The van der Waals surface area contributed by atoms with Crippen molar-refractivity contribution in [2.75, 3.05) is 19.7 Å². The number of aliphatic hydroxyl groups excluding tert-OH is 1. The van der Waals surface area contributed by atoms with Crippen LogP contribution >= 0.6 is 0 Å². The molecule has 112 valence electrons. The molecule has 0 rings (SSSR count). The second kappa shape index (κ2) is 9.61. The van der Waals surface area contributed by atoms with E-state index in [-0.39, 0.29) is 31.8 Å². The second-order valence-electron chi connectivity index (χ2n) is 4.52. The minimum atomic E-state index is -0.904. The van der Waals surface area contributed by atoms with Crippen LogP contribution < -0.4 is 5.32 Å². The SMILES string of the molecule is CCC(CNC(=O)N(CCO)C(CC)CC)C(=O)O. The maximum Gasteiger partial charge on any atom is 0.317 e. The Morgan fingerprint density at radius 2 is 1.74 bits per heavy atom. The molecule has 0 aromatic carbocycles. The standard InChI is InChI=1S/C13H26N2O4/c1-4-10(12(17)18)9-14-13(19)15(7-8-16)11(5-2)6-3/h10-11,16H,4-9H2,1-3H3,(H,14,19)(H,17,18). The van der Waals surface area contributed by atoms with E-state index in [4.69, 9.17) is 10.2 Å². The highest BCUT2D eigenvalue weighted by Crippen LogP contribution is 2.09. The fourth-order valence-corrected chi connectivity index (χ4v) is 2.01. The average Bonchev–Trinajstić information content (AvgIpc) is 2.39. The summed E-state index contributed by atoms with van der Waals surface area (Å²) in [7, 11) is 0. The molecule has 6 heteroatoms. The Morgan fingerprint density at radius 1 is 1.16 bits per heavy atom. The quantitative estimate of drug-likeness (QED) is 0.591. The van der Waals surface area contributed by atoms with Gasteiger partial charge in [0.2, 0.25) is 0 Å². The summed E-state index contributed by atoms with van der Waals surface area (Å²) in [4.78, 5) is 24.5. The Morgan fingerprint density at radius 3 is 2.11 bits per heavy atom. The number of hydrogen-bond donors (Lipinski definition) is 3. The van der Waals surface area contributed by atoms with Crippen molar-refractivity contribution in [1.82, 2.24) is 10.2 Å². The van der Waals surface area contributed by atoms with Gasteiger partial charge >= 0.3 is 12.0 Å². The number of nitrogens with one attached hydrogen (secondary N) is 1. The van der Waals surface area contributed by atoms with E-state index >= 15 is 0 Å². The summed E-state index contributed by atoms with van der Waals surface area (Å²) in [5.74, 6) is -1.47. The van der Waals surface area contributed by atoms with E-state index < -0.39 is 11.9 Å². The van der Waals surface area contributed by atoms with Crippen LogP contribution in [0, 0.1) is 5.92 Å². The van der Waals surface area contributed by atoms with Gasteiger partial charge in [0.05, 0.1) is 12.5 Å². The highest BCUT2D eigenvalue weighted by molar-refractivity contribution is 5.76. The van der Waals surface area contributed by atoms with E-state index in [0.717, 1.165) is 12.8 Å². The van der Waals surface area contributed by atoms with Crippen molar-refractivity contribution in [3.63, 3.8) is 0 Å². The van der Waals surface area contributed by atoms with Crippen LogP contribution in [0.4, 0.5) is 4.79 Å². The first-order valence-electron chi connectivity index (χ1n) is 6.89. The lowest BCUT2D eigenvalue weighted by Gasteiger charge is -2.30. The molecule has 0 saturated carbocycles. The molecule has 0 radical (unpaired) electrons. The Hall–Kier alpha value is -1.30. The van der Waals surface area contributed by atoms with Gasteiger partial charge in [-0.3, -0.25) is 4.79 Å². The summed E-state index contributed by atoms with van der Waals surface area (Å²) in [6, 6.07) is -0.237. The maximum atomic E-state index is 12.0. The number of carboxylic acid groups (broad SMARTS) is 1.